The number of carbonyl (C=O) groups excluding carboxylic acids is 3. The average molecular weight is 438 g/mol. The highest BCUT2D eigenvalue weighted by Gasteiger charge is 2.31. The van der Waals surface area contributed by atoms with Crippen LogP contribution in [0.15, 0.2) is 18.2 Å². The van der Waals surface area contributed by atoms with Crippen molar-refractivity contribution in [2.75, 3.05) is 25.1 Å². The van der Waals surface area contributed by atoms with Gasteiger partial charge in [0.15, 0.2) is 11.6 Å². The largest absolute Gasteiger partial charge is 0.462 e. The van der Waals surface area contributed by atoms with Crippen LogP contribution in [0.1, 0.15) is 45.0 Å². The molecular weight excluding hydrogens is 418 g/mol. The van der Waals surface area contributed by atoms with Gasteiger partial charge in [0.25, 0.3) is 5.91 Å². The molecule has 1 aromatic carbocycles. The summed E-state index contributed by atoms with van der Waals surface area (Å²) in [5.74, 6) is -3.51. The average Bonchev–Trinajstić information content (AvgIpc) is 3.07. The Kier molecular flexibility index (Phi) is 6.66. The maximum absolute atomic E-state index is 13.5. The van der Waals surface area contributed by atoms with Gasteiger partial charge in [-0.25, -0.2) is 18.4 Å². The summed E-state index contributed by atoms with van der Waals surface area (Å²) in [6, 6.07) is 2.78. The van der Waals surface area contributed by atoms with Gasteiger partial charge in [0.05, 0.1) is 25.3 Å². The lowest BCUT2D eigenvalue weighted by Crippen LogP contribution is -2.36. The van der Waals surface area contributed by atoms with Crippen molar-refractivity contribution in [1.29, 1.82) is 0 Å². The molecule has 0 spiro atoms. The number of amides is 2. The molecule has 1 aliphatic rings. The molecule has 0 aliphatic carbocycles. The number of carbonyl (C=O) groups is 3. The Morgan fingerprint density at radius 2 is 1.87 bits per heavy atom. The van der Waals surface area contributed by atoms with Crippen LogP contribution in [0.4, 0.5) is 18.6 Å². The van der Waals surface area contributed by atoms with E-state index in [0.717, 1.165) is 34.4 Å². The fraction of sp³-hybridized carbons (Fsp3) is 0.350. The molecule has 0 radical (unpaired) electrons. The van der Waals surface area contributed by atoms with Crippen molar-refractivity contribution in [3.05, 3.63) is 51.4 Å². The number of nitrogens with one attached hydrogen (secondary N) is 1. The maximum atomic E-state index is 13.5. The standard InChI is InChI=1S/C20H20F2N2O5S/c1-3-28-19(26)16-12-7-8-24(20(27)29-4-2)10-15(12)30-18(16)23-17(25)11-5-6-13(21)14(22)9-11/h5-6,9H,3-4,7-8,10H2,1-2H3,(H,23,25). The molecule has 10 heteroatoms. The normalized spacial score (nSPS) is 12.9. The lowest BCUT2D eigenvalue weighted by molar-refractivity contribution is 0.0526. The fourth-order valence-electron chi connectivity index (χ4n) is 3.09. The zero-order chi connectivity index (χ0) is 21.8. The molecule has 2 aromatic rings. The Labute approximate surface area is 175 Å². The molecule has 0 unspecified atom stereocenters. The molecule has 160 valence electrons. The van der Waals surface area contributed by atoms with Crippen LogP contribution in [0.3, 0.4) is 0 Å². The van der Waals surface area contributed by atoms with Crippen LogP contribution in [0.2, 0.25) is 0 Å². The molecule has 1 aliphatic heterocycles. The van der Waals surface area contributed by atoms with Crippen molar-refractivity contribution in [2.24, 2.45) is 0 Å². The van der Waals surface area contributed by atoms with Crippen LogP contribution in [-0.2, 0) is 22.4 Å². The van der Waals surface area contributed by atoms with Crippen molar-refractivity contribution >= 4 is 34.3 Å². The minimum atomic E-state index is -1.15. The van der Waals surface area contributed by atoms with Gasteiger partial charge in [-0.1, -0.05) is 0 Å². The summed E-state index contributed by atoms with van der Waals surface area (Å²) in [5, 5.41) is 2.83. The van der Waals surface area contributed by atoms with E-state index in [9.17, 15) is 23.2 Å². The van der Waals surface area contributed by atoms with Crippen LogP contribution in [0, 0.1) is 11.6 Å². The summed E-state index contributed by atoms with van der Waals surface area (Å²) in [5.41, 5.74) is 0.819. The molecule has 0 saturated carbocycles. The second-order valence-electron chi connectivity index (χ2n) is 6.38. The van der Waals surface area contributed by atoms with E-state index in [1.807, 2.05) is 0 Å². The molecule has 1 aromatic heterocycles. The van der Waals surface area contributed by atoms with Gasteiger partial charge in [0.2, 0.25) is 0 Å². The van der Waals surface area contributed by atoms with Crippen molar-refractivity contribution in [3.63, 3.8) is 0 Å². The van der Waals surface area contributed by atoms with Crippen LogP contribution >= 0.6 is 11.3 Å². The van der Waals surface area contributed by atoms with Crippen molar-refractivity contribution in [2.45, 2.75) is 26.8 Å². The molecule has 3 rings (SSSR count). The van der Waals surface area contributed by atoms with Gasteiger partial charge >= 0.3 is 12.1 Å². The SMILES string of the molecule is CCOC(=O)c1c(NC(=O)c2ccc(F)c(F)c2)sc2c1CCN(C(=O)OCC)C2. The van der Waals surface area contributed by atoms with Crippen molar-refractivity contribution in [1.82, 2.24) is 4.90 Å². The summed E-state index contributed by atoms with van der Waals surface area (Å²) in [7, 11) is 0. The minimum Gasteiger partial charge on any atom is -0.462 e. The van der Waals surface area contributed by atoms with Gasteiger partial charge in [0, 0.05) is 17.0 Å². The fourth-order valence-corrected chi connectivity index (χ4v) is 4.34. The number of rotatable bonds is 5. The van der Waals surface area contributed by atoms with E-state index in [2.05, 4.69) is 5.32 Å². The Morgan fingerprint density at radius 1 is 1.13 bits per heavy atom. The third kappa shape index (κ3) is 4.43. The van der Waals surface area contributed by atoms with Gasteiger partial charge in [0.1, 0.15) is 5.00 Å². The lowest BCUT2D eigenvalue weighted by atomic mass is 10.0. The monoisotopic (exact) mass is 438 g/mol. The Hall–Kier alpha value is -3.01. The number of hydrogen-bond acceptors (Lipinski definition) is 6. The molecule has 2 amide bonds. The first-order valence-electron chi connectivity index (χ1n) is 9.35. The van der Waals surface area contributed by atoms with Crippen molar-refractivity contribution < 1.29 is 32.6 Å². The number of benzene rings is 1. The van der Waals surface area contributed by atoms with E-state index in [4.69, 9.17) is 9.47 Å². The predicted molar refractivity (Wildman–Crippen MR) is 106 cm³/mol. The first-order chi connectivity index (χ1) is 14.3. The number of fused-ring (bicyclic) bond motifs is 1. The van der Waals surface area contributed by atoms with E-state index in [1.165, 1.54) is 4.90 Å². The van der Waals surface area contributed by atoms with Gasteiger partial charge in [-0.15, -0.1) is 11.3 Å². The lowest BCUT2D eigenvalue weighted by Gasteiger charge is -2.26. The summed E-state index contributed by atoms with van der Waals surface area (Å²) < 4.78 is 36.8. The first kappa shape index (κ1) is 21.7. The molecule has 0 fully saturated rings. The molecule has 0 saturated heterocycles. The number of halogens is 2. The Balaban J connectivity index is 1.91. The van der Waals surface area contributed by atoms with Gasteiger partial charge in [-0.2, -0.15) is 0 Å². The number of hydrogen-bond donors (Lipinski definition) is 1. The highest BCUT2D eigenvalue weighted by molar-refractivity contribution is 7.17. The second kappa shape index (κ2) is 9.21. The van der Waals surface area contributed by atoms with E-state index >= 15 is 0 Å². The smallest absolute Gasteiger partial charge is 0.410 e. The number of anilines is 1. The van der Waals surface area contributed by atoms with Crippen LogP contribution in [0.25, 0.3) is 0 Å². The summed E-state index contributed by atoms with van der Waals surface area (Å²) in [4.78, 5) is 39.4. The van der Waals surface area contributed by atoms with Crippen LogP contribution in [0.5, 0.6) is 0 Å². The predicted octanol–water partition coefficient (Wildman–Crippen LogP) is 3.97. The van der Waals surface area contributed by atoms with Gasteiger partial charge < -0.3 is 19.7 Å². The molecule has 2 heterocycles. The second-order valence-corrected chi connectivity index (χ2v) is 7.49. The number of nitrogens with zero attached hydrogens (tertiary/aromatic N) is 1. The van der Waals surface area contributed by atoms with Gasteiger partial charge in [-0.05, 0) is 44.0 Å². The molecular formula is C20H20F2N2O5S. The summed E-state index contributed by atoms with van der Waals surface area (Å²) in [6.45, 7) is 4.35. The van der Waals surface area contributed by atoms with E-state index in [-0.39, 0.29) is 35.9 Å². The number of thiophene rings is 1. The third-order valence-electron chi connectivity index (χ3n) is 4.47. The van der Waals surface area contributed by atoms with Crippen LogP contribution in [-0.4, -0.2) is 42.6 Å². The van der Waals surface area contributed by atoms with E-state index in [1.54, 1.807) is 13.8 Å². The van der Waals surface area contributed by atoms with E-state index in [0.29, 0.717) is 18.5 Å². The zero-order valence-corrected chi connectivity index (χ0v) is 17.2. The Morgan fingerprint density at radius 3 is 2.53 bits per heavy atom. The molecule has 0 bridgehead atoms. The molecule has 30 heavy (non-hydrogen) atoms. The highest BCUT2D eigenvalue weighted by atomic mass is 32.1. The number of ether oxygens (including phenoxy) is 2. The maximum Gasteiger partial charge on any atom is 0.410 e. The third-order valence-corrected chi connectivity index (χ3v) is 5.60. The molecule has 7 nitrogen and oxygen atoms in total. The topological polar surface area (TPSA) is 84.9 Å². The summed E-state index contributed by atoms with van der Waals surface area (Å²) in [6.07, 6.45) is -0.0681. The number of esters is 1. The highest BCUT2D eigenvalue weighted by Crippen LogP contribution is 2.38. The molecule has 1 N–H and O–H groups in total. The van der Waals surface area contributed by atoms with Gasteiger partial charge in [-0.3, -0.25) is 4.79 Å². The minimum absolute atomic E-state index is 0.0942. The Bertz CT molecular complexity index is 992. The van der Waals surface area contributed by atoms with Crippen LogP contribution < -0.4 is 5.32 Å². The first-order valence-corrected chi connectivity index (χ1v) is 10.2. The zero-order valence-electron chi connectivity index (χ0n) is 16.4. The quantitative estimate of drug-likeness (QED) is 0.714. The van der Waals surface area contributed by atoms with Crippen molar-refractivity contribution in [3.8, 4) is 0 Å². The molecule has 0 atom stereocenters. The van der Waals surface area contributed by atoms with E-state index < -0.39 is 29.6 Å². The summed E-state index contributed by atoms with van der Waals surface area (Å²) >= 11 is 1.14.